The van der Waals surface area contributed by atoms with E-state index >= 15 is 0 Å². The zero-order chi connectivity index (χ0) is 13.4. The summed E-state index contributed by atoms with van der Waals surface area (Å²) in [5.74, 6) is 0.770. The van der Waals surface area contributed by atoms with Gasteiger partial charge in [-0.05, 0) is 53.2 Å². The summed E-state index contributed by atoms with van der Waals surface area (Å²) in [6, 6.07) is 6.00. The summed E-state index contributed by atoms with van der Waals surface area (Å²) >= 11 is 3.67. The summed E-state index contributed by atoms with van der Waals surface area (Å²) in [5, 5.41) is 1.27. The summed E-state index contributed by atoms with van der Waals surface area (Å²) in [7, 11) is 0. The van der Waals surface area contributed by atoms with Gasteiger partial charge in [-0.2, -0.15) is 0 Å². The molecule has 2 nitrogen and oxygen atoms in total. The molecule has 0 bridgehead atoms. The van der Waals surface area contributed by atoms with Crippen LogP contribution in [0.2, 0.25) is 0 Å². The predicted molar refractivity (Wildman–Crippen MR) is 81.8 cm³/mol. The lowest BCUT2D eigenvalue weighted by Gasteiger charge is -2.21. The first-order valence-corrected chi connectivity index (χ1v) is 7.78. The molecule has 1 fully saturated rings. The smallest absolute Gasteiger partial charge is 0.159 e. The number of fused-ring (bicyclic) bond motifs is 1. The minimum atomic E-state index is 0.117. The molecule has 3 heteroatoms. The Bertz CT molecular complexity index is 623. The van der Waals surface area contributed by atoms with Crippen LogP contribution >= 0.6 is 15.9 Å². The van der Waals surface area contributed by atoms with Crippen LogP contribution in [0, 0.1) is 0 Å². The maximum atomic E-state index is 11.5. The normalized spacial score (nSPS) is 16.9. The zero-order valence-electron chi connectivity index (χ0n) is 11.1. The third-order valence-corrected chi connectivity index (χ3v) is 4.84. The predicted octanol–water partition coefficient (Wildman–Crippen LogP) is 5.18. The number of H-pyrrole nitrogens is 1. The van der Waals surface area contributed by atoms with Gasteiger partial charge in [0.25, 0.3) is 0 Å². The van der Waals surface area contributed by atoms with Crippen molar-refractivity contribution in [3.05, 3.63) is 33.9 Å². The Morgan fingerprint density at radius 3 is 2.68 bits per heavy atom. The van der Waals surface area contributed by atoms with Crippen LogP contribution in [0.15, 0.2) is 22.8 Å². The first-order valence-electron chi connectivity index (χ1n) is 6.99. The van der Waals surface area contributed by atoms with E-state index in [9.17, 15) is 4.79 Å². The van der Waals surface area contributed by atoms with Crippen molar-refractivity contribution in [3.63, 3.8) is 0 Å². The highest BCUT2D eigenvalue weighted by Gasteiger charge is 2.22. The van der Waals surface area contributed by atoms with E-state index in [1.165, 1.54) is 43.1 Å². The Hall–Kier alpha value is -1.09. The molecule has 19 heavy (non-hydrogen) atoms. The van der Waals surface area contributed by atoms with Crippen molar-refractivity contribution in [2.75, 3.05) is 0 Å². The zero-order valence-corrected chi connectivity index (χ0v) is 12.7. The van der Waals surface area contributed by atoms with Crippen molar-refractivity contribution in [2.45, 2.75) is 44.9 Å². The van der Waals surface area contributed by atoms with Crippen LogP contribution in [0.3, 0.4) is 0 Å². The van der Waals surface area contributed by atoms with Gasteiger partial charge in [-0.3, -0.25) is 4.79 Å². The van der Waals surface area contributed by atoms with Crippen LogP contribution in [0.5, 0.6) is 0 Å². The highest BCUT2D eigenvalue weighted by atomic mass is 79.9. The molecule has 0 radical (unpaired) electrons. The lowest BCUT2D eigenvalue weighted by Crippen LogP contribution is -2.04. The van der Waals surface area contributed by atoms with Gasteiger partial charge in [-0.25, -0.2) is 0 Å². The second-order valence-electron chi connectivity index (χ2n) is 5.50. The number of nitrogens with one attached hydrogen (secondary N) is 1. The van der Waals surface area contributed by atoms with Crippen LogP contribution in [0.1, 0.15) is 60.9 Å². The van der Waals surface area contributed by atoms with Crippen LogP contribution < -0.4 is 0 Å². The molecular weight excluding hydrogens is 302 g/mol. The first-order chi connectivity index (χ1) is 9.16. The van der Waals surface area contributed by atoms with Gasteiger partial charge < -0.3 is 4.98 Å². The fraction of sp³-hybridized carbons (Fsp3) is 0.438. The Balaban J connectivity index is 2.09. The summed E-state index contributed by atoms with van der Waals surface area (Å²) in [6.45, 7) is 1.61. The fourth-order valence-corrected chi connectivity index (χ4v) is 3.95. The number of Topliss-reactive ketones (excluding diaryl/α,β-unsaturated/α-hetero) is 1. The van der Waals surface area contributed by atoms with Crippen molar-refractivity contribution in [2.24, 2.45) is 0 Å². The molecule has 0 atom stereocenters. The molecule has 1 aromatic carbocycles. The molecule has 0 aliphatic heterocycles. The minimum absolute atomic E-state index is 0.117. The van der Waals surface area contributed by atoms with Crippen LogP contribution in [-0.4, -0.2) is 10.8 Å². The van der Waals surface area contributed by atoms with Crippen molar-refractivity contribution >= 4 is 32.6 Å². The molecule has 1 aliphatic carbocycles. The SMILES string of the molecule is CC(=O)c1ccc2c(C3CCCCC3)c(Br)[nH]c2c1. The van der Waals surface area contributed by atoms with Gasteiger partial charge in [0.15, 0.2) is 5.78 Å². The number of hydrogen-bond acceptors (Lipinski definition) is 1. The van der Waals surface area contributed by atoms with Crippen LogP contribution in [0.4, 0.5) is 0 Å². The summed E-state index contributed by atoms with van der Waals surface area (Å²) in [4.78, 5) is 14.8. The third-order valence-electron chi connectivity index (χ3n) is 4.21. The number of benzene rings is 1. The number of hydrogen-bond donors (Lipinski definition) is 1. The maximum Gasteiger partial charge on any atom is 0.159 e. The number of halogens is 1. The number of carbonyl (C=O) groups is 1. The Labute approximate surface area is 121 Å². The topological polar surface area (TPSA) is 32.9 Å². The lowest BCUT2D eigenvalue weighted by molar-refractivity contribution is 0.101. The van der Waals surface area contributed by atoms with Crippen molar-refractivity contribution in [1.29, 1.82) is 0 Å². The van der Waals surface area contributed by atoms with Gasteiger partial charge in [0.2, 0.25) is 0 Å². The third kappa shape index (κ3) is 2.36. The Kier molecular flexibility index (Phi) is 3.48. The van der Waals surface area contributed by atoms with Crippen LogP contribution in [-0.2, 0) is 0 Å². The molecule has 1 saturated carbocycles. The van der Waals surface area contributed by atoms with E-state index in [2.05, 4.69) is 27.0 Å². The average molecular weight is 320 g/mol. The molecule has 1 heterocycles. The molecule has 2 aromatic rings. The van der Waals surface area contributed by atoms with E-state index in [4.69, 9.17) is 0 Å². The second kappa shape index (κ2) is 5.12. The van der Waals surface area contributed by atoms with Gasteiger partial charge in [0.1, 0.15) is 0 Å². The maximum absolute atomic E-state index is 11.5. The minimum Gasteiger partial charge on any atom is -0.349 e. The number of rotatable bonds is 2. The van der Waals surface area contributed by atoms with Crippen molar-refractivity contribution < 1.29 is 4.79 Å². The first kappa shape index (κ1) is 12.9. The van der Waals surface area contributed by atoms with Gasteiger partial charge >= 0.3 is 0 Å². The van der Waals surface area contributed by atoms with Gasteiger partial charge in [-0.1, -0.05) is 31.4 Å². The quantitative estimate of drug-likeness (QED) is 0.760. The number of aromatic amines is 1. The molecule has 0 unspecified atom stereocenters. The van der Waals surface area contributed by atoms with Gasteiger partial charge in [0.05, 0.1) is 4.60 Å². The Morgan fingerprint density at radius 1 is 1.26 bits per heavy atom. The molecule has 100 valence electrons. The van der Waals surface area contributed by atoms with E-state index in [1.54, 1.807) is 6.92 Å². The molecule has 0 saturated heterocycles. The number of aromatic nitrogens is 1. The molecular formula is C16H18BrNO. The molecule has 1 N–H and O–H groups in total. The molecule has 0 spiro atoms. The largest absolute Gasteiger partial charge is 0.349 e. The van der Waals surface area contributed by atoms with E-state index in [1.807, 2.05) is 12.1 Å². The summed E-state index contributed by atoms with van der Waals surface area (Å²) < 4.78 is 1.09. The molecule has 1 aromatic heterocycles. The summed E-state index contributed by atoms with van der Waals surface area (Å²) in [5.41, 5.74) is 3.25. The molecule has 0 amide bonds. The van der Waals surface area contributed by atoms with Crippen LogP contribution in [0.25, 0.3) is 10.9 Å². The van der Waals surface area contributed by atoms with Gasteiger partial charge in [-0.15, -0.1) is 0 Å². The molecule has 1 aliphatic rings. The average Bonchev–Trinajstić information content (AvgIpc) is 2.74. The number of carbonyl (C=O) groups excluding carboxylic acids is 1. The summed E-state index contributed by atoms with van der Waals surface area (Å²) in [6.07, 6.45) is 6.58. The van der Waals surface area contributed by atoms with E-state index in [-0.39, 0.29) is 5.78 Å². The highest BCUT2D eigenvalue weighted by molar-refractivity contribution is 9.10. The standard InChI is InChI=1S/C16H18BrNO/c1-10(19)12-7-8-13-14(9-12)18-16(17)15(13)11-5-3-2-4-6-11/h7-9,11,18H,2-6H2,1H3. The van der Waals surface area contributed by atoms with Gasteiger partial charge in [0, 0.05) is 16.5 Å². The van der Waals surface area contributed by atoms with E-state index < -0.39 is 0 Å². The molecule has 3 rings (SSSR count). The fourth-order valence-electron chi connectivity index (χ4n) is 3.20. The van der Waals surface area contributed by atoms with Crippen molar-refractivity contribution in [1.82, 2.24) is 4.98 Å². The highest BCUT2D eigenvalue weighted by Crippen LogP contribution is 2.40. The van der Waals surface area contributed by atoms with E-state index in [0.29, 0.717) is 5.92 Å². The lowest BCUT2D eigenvalue weighted by atomic mass is 9.84. The second-order valence-corrected chi connectivity index (χ2v) is 6.30. The van der Waals surface area contributed by atoms with E-state index in [0.717, 1.165) is 15.7 Å². The Morgan fingerprint density at radius 2 is 2.00 bits per heavy atom. The monoisotopic (exact) mass is 319 g/mol. The number of ketones is 1. The van der Waals surface area contributed by atoms with Crippen molar-refractivity contribution in [3.8, 4) is 0 Å².